The summed E-state index contributed by atoms with van der Waals surface area (Å²) < 4.78 is 10.6. The Morgan fingerprint density at radius 3 is 2.38 bits per heavy atom. The van der Waals surface area contributed by atoms with Gasteiger partial charge in [-0.15, -0.1) is 0 Å². The second kappa shape index (κ2) is 8.52. The number of ether oxygens (including phenoxy) is 2. The third-order valence-corrected chi connectivity index (χ3v) is 3.67. The van der Waals surface area contributed by atoms with Crippen LogP contribution in [0, 0.1) is 5.92 Å². The summed E-state index contributed by atoms with van der Waals surface area (Å²) in [7, 11) is 3.23. The summed E-state index contributed by atoms with van der Waals surface area (Å²) in [6.07, 6.45) is 0.568. The van der Waals surface area contributed by atoms with Crippen molar-refractivity contribution in [3.8, 4) is 11.5 Å². The predicted octanol–water partition coefficient (Wildman–Crippen LogP) is 1.69. The maximum atomic E-state index is 12.4. The number of hydrogen-bond donors (Lipinski definition) is 1. The summed E-state index contributed by atoms with van der Waals surface area (Å²) in [5.74, 6) is 1.32. The standard InChI is InChI=1S/C16H26N2O3/c1-5-18(6-2)16(19)13(11-17)9-12-7-8-14(20-3)10-15(12)21-4/h7-8,10,13H,5-6,9,11,17H2,1-4H3. The highest BCUT2D eigenvalue weighted by molar-refractivity contribution is 5.79. The summed E-state index contributed by atoms with van der Waals surface area (Å²) in [6.45, 7) is 5.67. The van der Waals surface area contributed by atoms with Gasteiger partial charge in [0.25, 0.3) is 0 Å². The average molecular weight is 294 g/mol. The molecule has 0 bridgehead atoms. The van der Waals surface area contributed by atoms with Crippen molar-refractivity contribution < 1.29 is 14.3 Å². The van der Waals surface area contributed by atoms with E-state index in [1.807, 2.05) is 36.9 Å². The molecule has 0 aliphatic rings. The van der Waals surface area contributed by atoms with Gasteiger partial charge in [-0.25, -0.2) is 0 Å². The Kier molecular flexibility index (Phi) is 7.02. The Morgan fingerprint density at radius 2 is 1.90 bits per heavy atom. The Bertz CT molecular complexity index is 459. The van der Waals surface area contributed by atoms with Gasteiger partial charge in [-0.3, -0.25) is 4.79 Å². The van der Waals surface area contributed by atoms with Crippen LogP contribution in [0.4, 0.5) is 0 Å². The van der Waals surface area contributed by atoms with Gasteiger partial charge < -0.3 is 20.1 Å². The van der Waals surface area contributed by atoms with Gasteiger partial charge in [0.05, 0.1) is 20.1 Å². The maximum Gasteiger partial charge on any atom is 0.227 e. The molecule has 1 aromatic carbocycles. The zero-order valence-electron chi connectivity index (χ0n) is 13.4. The number of carbonyl (C=O) groups is 1. The van der Waals surface area contributed by atoms with Crippen LogP contribution in [0.1, 0.15) is 19.4 Å². The van der Waals surface area contributed by atoms with Gasteiger partial charge in [0.15, 0.2) is 0 Å². The van der Waals surface area contributed by atoms with E-state index < -0.39 is 0 Å². The van der Waals surface area contributed by atoms with Crippen molar-refractivity contribution in [2.75, 3.05) is 33.9 Å². The van der Waals surface area contributed by atoms with Gasteiger partial charge in [-0.1, -0.05) is 6.07 Å². The van der Waals surface area contributed by atoms with Crippen LogP contribution in [-0.2, 0) is 11.2 Å². The van der Waals surface area contributed by atoms with E-state index in [9.17, 15) is 4.79 Å². The summed E-state index contributed by atoms with van der Waals surface area (Å²) >= 11 is 0. The van der Waals surface area contributed by atoms with Crippen molar-refractivity contribution in [2.45, 2.75) is 20.3 Å². The molecule has 1 rings (SSSR count). The zero-order chi connectivity index (χ0) is 15.8. The van der Waals surface area contributed by atoms with Crippen LogP contribution in [0.15, 0.2) is 18.2 Å². The minimum absolute atomic E-state index is 0.0976. The molecule has 1 aromatic rings. The van der Waals surface area contributed by atoms with Crippen molar-refractivity contribution >= 4 is 5.91 Å². The third-order valence-electron chi connectivity index (χ3n) is 3.67. The molecule has 0 fully saturated rings. The van der Waals surface area contributed by atoms with Crippen LogP contribution < -0.4 is 15.2 Å². The van der Waals surface area contributed by atoms with Crippen LogP contribution in [-0.4, -0.2) is 44.7 Å². The maximum absolute atomic E-state index is 12.4. The lowest BCUT2D eigenvalue weighted by Crippen LogP contribution is -2.39. The summed E-state index contributed by atoms with van der Waals surface area (Å²) in [6, 6.07) is 5.62. The fraction of sp³-hybridized carbons (Fsp3) is 0.562. The number of hydrogen-bond acceptors (Lipinski definition) is 4. The first-order valence-electron chi connectivity index (χ1n) is 7.30. The molecule has 0 aliphatic heterocycles. The summed E-state index contributed by atoms with van der Waals surface area (Å²) in [5.41, 5.74) is 6.77. The minimum atomic E-state index is -0.229. The molecule has 118 valence electrons. The van der Waals surface area contributed by atoms with E-state index in [-0.39, 0.29) is 11.8 Å². The van der Waals surface area contributed by atoms with Crippen molar-refractivity contribution in [3.05, 3.63) is 23.8 Å². The molecule has 1 unspecified atom stereocenters. The smallest absolute Gasteiger partial charge is 0.227 e. The summed E-state index contributed by atoms with van der Waals surface area (Å²) in [4.78, 5) is 14.3. The molecule has 0 heterocycles. The van der Waals surface area contributed by atoms with Crippen molar-refractivity contribution in [3.63, 3.8) is 0 Å². The highest BCUT2D eigenvalue weighted by Crippen LogP contribution is 2.27. The molecular formula is C16H26N2O3. The number of methoxy groups -OCH3 is 2. The molecule has 5 nitrogen and oxygen atoms in total. The molecule has 2 N–H and O–H groups in total. The van der Waals surface area contributed by atoms with E-state index in [0.29, 0.717) is 26.1 Å². The number of benzene rings is 1. The highest BCUT2D eigenvalue weighted by atomic mass is 16.5. The van der Waals surface area contributed by atoms with Crippen molar-refractivity contribution in [1.29, 1.82) is 0 Å². The van der Waals surface area contributed by atoms with Gasteiger partial charge in [-0.2, -0.15) is 0 Å². The summed E-state index contributed by atoms with van der Waals surface area (Å²) in [5, 5.41) is 0. The largest absolute Gasteiger partial charge is 0.497 e. The van der Waals surface area contributed by atoms with Gasteiger partial charge in [0, 0.05) is 25.7 Å². The van der Waals surface area contributed by atoms with E-state index in [4.69, 9.17) is 15.2 Å². The third kappa shape index (κ3) is 4.36. The molecule has 0 aliphatic carbocycles. The second-order valence-corrected chi connectivity index (χ2v) is 4.83. The topological polar surface area (TPSA) is 64.8 Å². The average Bonchev–Trinajstić information content (AvgIpc) is 2.53. The molecule has 1 amide bonds. The number of rotatable bonds is 8. The first kappa shape index (κ1) is 17.3. The predicted molar refractivity (Wildman–Crippen MR) is 83.7 cm³/mol. The number of amides is 1. The van der Waals surface area contributed by atoms with Crippen molar-refractivity contribution in [1.82, 2.24) is 4.90 Å². The SMILES string of the molecule is CCN(CC)C(=O)C(CN)Cc1ccc(OC)cc1OC. The van der Waals surface area contributed by atoms with E-state index >= 15 is 0 Å². The Labute approximate surface area is 127 Å². The lowest BCUT2D eigenvalue weighted by Gasteiger charge is -2.25. The van der Waals surface area contributed by atoms with Gasteiger partial charge in [-0.05, 0) is 31.9 Å². The first-order valence-corrected chi connectivity index (χ1v) is 7.30. The monoisotopic (exact) mass is 294 g/mol. The fourth-order valence-electron chi connectivity index (χ4n) is 2.35. The lowest BCUT2D eigenvalue weighted by molar-refractivity contribution is -0.134. The van der Waals surface area contributed by atoms with Crippen LogP contribution >= 0.6 is 0 Å². The van der Waals surface area contributed by atoms with Crippen LogP contribution in [0.25, 0.3) is 0 Å². The number of nitrogens with zero attached hydrogens (tertiary/aromatic N) is 1. The van der Waals surface area contributed by atoms with Crippen molar-refractivity contribution in [2.24, 2.45) is 11.7 Å². The molecule has 21 heavy (non-hydrogen) atoms. The van der Waals surface area contributed by atoms with Gasteiger partial charge >= 0.3 is 0 Å². The first-order chi connectivity index (χ1) is 10.1. The number of nitrogens with two attached hydrogens (primary N) is 1. The van der Waals surface area contributed by atoms with Crippen LogP contribution in [0.2, 0.25) is 0 Å². The highest BCUT2D eigenvalue weighted by Gasteiger charge is 2.23. The molecule has 5 heteroatoms. The van der Waals surface area contributed by atoms with E-state index in [0.717, 1.165) is 17.1 Å². The Balaban J connectivity index is 2.93. The quantitative estimate of drug-likeness (QED) is 0.792. The second-order valence-electron chi connectivity index (χ2n) is 4.83. The van der Waals surface area contributed by atoms with E-state index in [1.165, 1.54) is 0 Å². The van der Waals surface area contributed by atoms with Gasteiger partial charge in [0.1, 0.15) is 11.5 Å². The minimum Gasteiger partial charge on any atom is -0.497 e. The molecule has 0 spiro atoms. The van der Waals surface area contributed by atoms with Crippen LogP contribution in [0.3, 0.4) is 0 Å². The van der Waals surface area contributed by atoms with E-state index in [1.54, 1.807) is 14.2 Å². The molecule has 1 atom stereocenters. The Morgan fingerprint density at radius 1 is 1.24 bits per heavy atom. The van der Waals surface area contributed by atoms with E-state index in [2.05, 4.69) is 0 Å². The van der Waals surface area contributed by atoms with Gasteiger partial charge in [0.2, 0.25) is 5.91 Å². The zero-order valence-corrected chi connectivity index (χ0v) is 13.4. The molecule has 0 radical (unpaired) electrons. The van der Waals surface area contributed by atoms with Crippen LogP contribution in [0.5, 0.6) is 11.5 Å². The molecule has 0 aromatic heterocycles. The fourth-order valence-corrected chi connectivity index (χ4v) is 2.35. The lowest BCUT2D eigenvalue weighted by atomic mass is 9.97. The number of carbonyl (C=O) groups excluding carboxylic acids is 1. The molecular weight excluding hydrogens is 268 g/mol. The molecule has 0 saturated carbocycles. The Hall–Kier alpha value is -1.75. The normalized spacial score (nSPS) is 11.9. The molecule has 0 saturated heterocycles.